The van der Waals surface area contributed by atoms with E-state index in [0.29, 0.717) is 39.5 Å². The summed E-state index contributed by atoms with van der Waals surface area (Å²) in [6.07, 6.45) is 6.14. The van der Waals surface area contributed by atoms with Crippen molar-refractivity contribution in [2.75, 3.05) is 10.2 Å². The monoisotopic (exact) mass is 684 g/mol. The van der Waals surface area contributed by atoms with Gasteiger partial charge in [0.25, 0.3) is 10.1 Å². The molecule has 14 heteroatoms. The number of aliphatic imine (C=N–C) groups is 1. The molecule has 0 unspecified atom stereocenters. The normalized spacial score (nSPS) is 13.8. The second-order valence-corrected chi connectivity index (χ2v) is 13.4. The Morgan fingerprint density at radius 3 is 2.10 bits per heavy atom. The summed E-state index contributed by atoms with van der Waals surface area (Å²) in [4.78, 5) is 5.41. The van der Waals surface area contributed by atoms with Crippen LogP contribution in [0.15, 0.2) is 136 Å². The van der Waals surface area contributed by atoms with Crippen LogP contribution in [0.5, 0.6) is 0 Å². The van der Waals surface area contributed by atoms with Crippen molar-refractivity contribution in [3.63, 3.8) is 0 Å². The van der Waals surface area contributed by atoms with Crippen molar-refractivity contribution >= 4 is 87.9 Å². The van der Waals surface area contributed by atoms with Crippen molar-refractivity contribution < 1.29 is 55.5 Å². The molecular weight excluding hydrogens is 662 g/mol. The molecule has 5 aromatic rings. The summed E-state index contributed by atoms with van der Waals surface area (Å²) >= 11 is 0. The molecule has 0 radical (unpaired) electrons. The number of para-hydroxylation sites is 2. The van der Waals surface area contributed by atoms with Gasteiger partial charge in [0.05, 0.1) is 44.8 Å². The minimum absolute atomic E-state index is 0. The molecule has 1 aliphatic carbocycles. The Morgan fingerprint density at radius 2 is 1.46 bits per heavy atom. The maximum Gasteiger partial charge on any atom is 1.00 e. The summed E-state index contributed by atoms with van der Waals surface area (Å²) in [6.45, 7) is 0. The molecule has 48 heavy (non-hydrogen) atoms. The molecule has 0 amide bonds. The molecule has 2 aliphatic rings. The van der Waals surface area contributed by atoms with E-state index in [4.69, 9.17) is 10.7 Å². The van der Waals surface area contributed by atoms with Crippen LogP contribution >= 0.6 is 0 Å². The van der Waals surface area contributed by atoms with Crippen molar-refractivity contribution in [1.82, 2.24) is 0 Å². The van der Waals surface area contributed by atoms with Gasteiger partial charge in [0.15, 0.2) is 0 Å². The van der Waals surface area contributed by atoms with Crippen LogP contribution in [0.2, 0.25) is 0 Å². The predicted molar refractivity (Wildman–Crippen MR) is 182 cm³/mol. The van der Waals surface area contributed by atoms with E-state index in [1.54, 1.807) is 48.6 Å². The van der Waals surface area contributed by atoms with E-state index in [1.807, 2.05) is 41.3 Å². The van der Waals surface area contributed by atoms with E-state index < -0.39 is 30.0 Å². The fraction of sp³-hybridized carbons (Fsp3) is 0. The van der Waals surface area contributed by atoms with E-state index in [2.05, 4.69) is 10.3 Å². The fourth-order valence-corrected chi connectivity index (χ4v) is 6.94. The van der Waals surface area contributed by atoms with Crippen LogP contribution in [0.3, 0.4) is 0 Å². The Morgan fingerprint density at radius 1 is 0.792 bits per heavy atom. The maximum atomic E-state index is 12.7. The number of hydrogen-bond donors (Lipinski definition) is 3. The first-order valence-electron chi connectivity index (χ1n) is 14.1. The van der Waals surface area contributed by atoms with Gasteiger partial charge in [-0.05, 0) is 66.1 Å². The van der Waals surface area contributed by atoms with Gasteiger partial charge in [-0.3, -0.25) is 4.55 Å². The summed E-state index contributed by atoms with van der Waals surface area (Å²) in [5.74, 6) is 0. The maximum absolute atomic E-state index is 12.7. The van der Waals surface area contributed by atoms with Gasteiger partial charge < -0.3 is 25.5 Å². The Hall–Kier alpha value is -4.60. The molecular formula is C34H23N5NaO6S2-. The predicted octanol–water partition coefficient (Wildman–Crippen LogP) is 5.08. The number of nitrogens with zero attached hydrogens (tertiary/aromatic N) is 3. The number of benzene rings is 5. The number of anilines is 5. The number of allylic oxidation sites excluding steroid dienone is 4. The molecule has 234 valence electrons. The molecule has 1 aliphatic heterocycles. The SMILES string of the molecule is N=C1C=CC(=Nc2cc3c(cc2S(=O)(=O)O)Nc2c(cc([N-]c4ccccc4)c4c(S(=O)(=O)[O-])cccc24)N3c2ccccc2)C=C1.[Na+]. The first-order valence-corrected chi connectivity index (χ1v) is 17.0. The summed E-state index contributed by atoms with van der Waals surface area (Å²) in [6, 6.07) is 26.9. The Bertz CT molecular complexity index is 2420. The van der Waals surface area contributed by atoms with E-state index in [-0.39, 0.29) is 57.7 Å². The van der Waals surface area contributed by atoms with Crippen molar-refractivity contribution in [2.45, 2.75) is 9.79 Å². The Labute approximate surface area is 298 Å². The molecule has 11 nitrogen and oxygen atoms in total. The van der Waals surface area contributed by atoms with Gasteiger partial charge in [-0.15, -0.1) is 11.4 Å². The molecule has 0 saturated heterocycles. The zero-order valence-electron chi connectivity index (χ0n) is 25.2. The first kappa shape index (κ1) is 33.3. The standard InChI is InChI=1S/C34H24N5O6S2.Na/c35-21-14-16-23(17-15-21)36-27-18-29-26(20-32(27)47(43,44)45)38-34-25-12-7-13-31(46(40,41)42)33(25)28(37-22-8-3-1-4-9-22)19-30(34)39(29)24-10-5-2-6-11-24;/h1-20,35,38H,(H,40,41,42)(H,43,44,45);/q-1;+1/p-1. The van der Waals surface area contributed by atoms with E-state index in [0.717, 1.165) is 0 Å². The summed E-state index contributed by atoms with van der Waals surface area (Å²) < 4.78 is 73.2. The van der Waals surface area contributed by atoms with E-state index in [9.17, 15) is 25.9 Å². The molecule has 0 fully saturated rings. The summed E-state index contributed by atoms with van der Waals surface area (Å²) in [7, 11) is -9.74. The van der Waals surface area contributed by atoms with Crippen LogP contribution in [0.1, 0.15) is 0 Å². The van der Waals surface area contributed by atoms with E-state index in [1.165, 1.54) is 36.4 Å². The van der Waals surface area contributed by atoms with Crippen molar-refractivity contribution in [1.29, 1.82) is 5.41 Å². The second kappa shape index (κ2) is 12.8. The molecule has 0 spiro atoms. The first-order chi connectivity index (χ1) is 22.5. The summed E-state index contributed by atoms with van der Waals surface area (Å²) in [5, 5.41) is 16.2. The third-order valence-corrected chi connectivity index (χ3v) is 9.35. The third-order valence-electron chi connectivity index (χ3n) is 7.58. The van der Waals surface area contributed by atoms with Gasteiger partial charge in [-0.2, -0.15) is 8.42 Å². The van der Waals surface area contributed by atoms with Crippen LogP contribution in [-0.2, 0) is 20.2 Å². The minimum Gasteiger partial charge on any atom is -0.744 e. The average molecular weight is 685 g/mol. The third kappa shape index (κ3) is 6.32. The largest absolute Gasteiger partial charge is 1.00 e. The average Bonchev–Trinajstić information content (AvgIpc) is 3.04. The second-order valence-electron chi connectivity index (χ2n) is 10.6. The summed E-state index contributed by atoms with van der Waals surface area (Å²) in [5.41, 5.74) is 3.61. The fourth-order valence-electron chi connectivity index (χ4n) is 5.59. The quantitative estimate of drug-likeness (QED) is 0.124. The van der Waals surface area contributed by atoms with Gasteiger partial charge in [-0.25, -0.2) is 13.4 Å². The van der Waals surface area contributed by atoms with Crippen molar-refractivity contribution in [3.05, 3.63) is 127 Å². The zero-order valence-corrected chi connectivity index (χ0v) is 28.8. The van der Waals surface area contributed by atoms with Gasteiger partial charge >= 0.3 is 29.6 Å². The number of fused-ring (bicyclic) bond motifs is 4. The molecule has 0 bridgehead atoms. The molecule has 0 aromatic heterocycles. The van der Waals surface area contributed by atoms with Crippen LogP contribution < -0.4 is 39.8 Å². The van der Waals surface area contributed by atoms with Crippen molar-refractivity contribution in [2.24, 2.45) is 4.99 Å². The number of rotatable bonds is 6. The topological polar surface area (TPSA) is 177 Å². The number of nitrogens with one attached hydrogen (secondary N) is 2. The molecule has 0 atom stereocenters. The van der Waals surface area contributed by atoms with E-state index >= 15 is 0 Å². The molecule has 3 N–H and O–H groups in total. The van der Waals surface area contributed by atoms with Crippen LogP contribution in [0, 0.1) is 5.41 Å². The minimum atomic E-state index is -4.95. The van der Waals surface area contributed by atoms with Gasteiger partial charge in [-0.1, -0.05) is 60.7 Å². The van der Waals surface area contributed by atoms with Gasteiger partial charge in [0, 0.05) is 11.1 Å². The molecule has 7 rings (SSSR count). The van der Waals surface area contributed by atoms with Crippen molar-refractivity contribution in [3.8, 4) is 0 Å². The van der Waals surface area contributed by atoms with Crippen LogP contribution in [0.25, 0.3) is 16.1 Å². The molecule has 1 heterocycles. The molecule has 0 saturated carbocycles. The Balaban J connectivity index is 0.00000401. The van der Waals surface area contributed by atoms with Crippen LogP contribution in [-0.4, -0.2) is 37.4 Å². The smallest absolute Gasteiger partial charge is 0.744 e. The zero-order chi connectivity index (χ0) is 32.9. The van der Waals surface area contributed by atoms with Gasteiger partial charge in [0.2, 0.25) is 0 Å². The molecule has 5 aromatic carbocycles. The van der Waals surface area contributed by atoms with Crippen LogP contribution in [0.4, 0.5) is 45.5 Å². The Kier molecular flexibility index (Phi) is 8.87. The van der Waals surface area contributed by atoms with Gasteiger partial charge in [0.1, 0.15) is 15.0 Å². The number of hydrogen-bond acceptors (Lipinski definition) is 9.